The van der Waals surface area contributed by atoms with Gasteiger partial charge in [-0.1, -0.05) is 0 Å². The molecular weight excluding hydrogens is 278 g/mol. The Morgan fingerprint density at radius 2 is 1.95 bits per heavy atom. The molecule has 2 N–H and O–H groups in total. The Morgan fingerprint density at radius 3 is 2.59 bits per heavy atom. The first kappa shape index (κ1) is 15.8. The van der Waals surface area contributed by atoms with E-state index in [1.807, 2.05) is 18.2 Å². The number of anilines is 2. The molecule has 0 aromatic carbocycles. The number of carbonyl (C=O) groups is 1. The predicted octanol–water partition coefficient (Wildman–Crippen LogP) is 2.09. The lowest BCUT2D eigenvalue weighted by atomic mass is 10.2. The van der Waals surface area contributed by atoms with Crippen molar-refractivity contribution in [2.45, 2.75) is 6.42 Å². The molecule has 0 aliphatic heterocycles. The molecule has 6 nitrogen and oxygen atoms in total. The molecule has 0 atom stereocenters. The molecule has 2 aromatic rings. The standard InChI is InChI=1S/C16H21N5O/c1-21(2)16(22)13-6-7-15(20-11-13)19-10-4-9-18-14-5-3-8-17-12-14/h3,5-8,11-12,18H,4,9-10H2,1-2H3,(H,19,20). The molecule has 6 heteroatoms. The molecule has 22 heavy (non-hydrogen) atoms. The van der Waals surface area contributed by atoms with E-state index in [4.69, 9.17) is 0 Å². The van der Waals surface area contributed by atoms with E-state index in [0.717, 1.165) is 31.0 Å². The molecule has 0 spiro atoms. The second kappa shape index (κ2) is 7.97. The highest BCUT2D eigenvalue weighted by Crippen LogP contribution is 2.07. The summed E-state index contributed by atoms with van der Waals surface area (Å²) in [6.07, 6.45) is 6.10. The fourth-order valence-corrected chi connectivity index (χ4v) is 1.89. The van der Waals surface area contributed by atoms with Gasteiger partial charge in [-0.15, -0.1) is 0 Å². The quantitative estimate of drug-likeness (QED) is 0.766. The van der Waals surface area contributed by atoms with Crippen LogP contribution in [0.15, 0.2) is 42.9 Å². The highest BCUT2D eigenvalue weighted by molar-refractivity contribution is 5.93. The van der Waals surface area contributed by atoms with Gasteiger partial charge in [0.15, 0.2) is 0 Å². The molecule has 116 valence electrons. The fraction of sp³-hybridized carbons (Fsp3) is 0.312. The molecular formula is C16H21N5O. The molecule has 0 fully saturated rings. The van der Waals surface area contributed by atoms with E-state index in [2.05, 4.69) is 20.6 Å². The third-order valence-electron chi connectivity index (χ3n) is 3.07. The van der Waals surface area contributed by atoms with Crippen LogP contribution in [0.1, 0.15) is 16.8 Å². The van der Waals surface area contributed by atoms with Gasteiger partial charge in [-0.25, -0.2) is 4.98 Å². The van der Waals surface area contributed by atoms with Gasteiger partial charge in [0.2, 0.25) is 0 Å². The predicted molar refractivity (Wildman–Crippen MR) is 88.1 cm³/mol. The van der Waals surface area contributed by atoms with E-state index in [1.54, 1.807) is 38.8 Å². The van der Waals surface area contributed by atoms with Crippen molar-refractivity contribution >= 4 is 17.4 Å². The van der Waals surface area contributed by atoms with Gasteiger partial charge in [-0.3, -0.25) is 9.78 Å². The van der Waals surface area contributed by atoms with Crippen LogP contribution in [-0.4, -0.2) is 48.0 Å². The van der Waals surface area contributed by atoms with Gasteiger partial charge in [-0.2, -0.15) is 0 Å². The lowest BCUT2D eigenvalue weighted by Crippen LogP contribution is -2.21. The van der Waals surface area contributed by atoms with Gasteiger partial charge >= 0.3 is 0 Å². The van der Waals surface area contributed by atoms with Crippen molar-refractivity contribution in [3.63, 3.8) is 0 Å². The molecule has 0 saturated carbocycles. The van der Waals surface area contributed by atoms with Crippen molar-refractivity contribution in [3.8, 4) is 0 Å². The molecule has 1 amide bonds. The summed E-state index contributed by atoms with van der Waals surface area (Å²) in [5.74, 6) is 0.733. The number of rotatable bonds is 7. The average molecular weight is 299 g/mol. The zero-order chi connectivity index (χ0) is 15.8. The van der Waals surface area contributed by atoms with Crippen molar-refractivity contribution in [2.24, 2.45) is 0 Å². The Hall–Kier alpha value is -2.63. The zero-order valence-corrected chi connectivity index (χ0v) is 12.9. The first-order valence-electron chi connectivity index (χ1n) is 7.22. The Balaban J connectivity index is 1.70. The number of amides is 1. The average Bonchev–Trinajstić information content (AvgIpc) is 2.55. The van der Waals surface area contributed by atoms with Crippen molar-refractivity contribution in [3.05, 3.63) is 48.4 Å². The van der Waals surface area contributed by atoms with Gasteiger partial charge in [-0.05, 0) is 30.7 Å². The second-order valence-corrected chi connectivity index (χ2v) is 5.08. The first-order valence-corrected chi connectivity index (χ1v) is 7.22. The normalized spacial score (nSPS) is 10.1. The molecule has 0 saturated heterocycles. The molecule has 2 aromatic heterocycles. The number of aromatic nitrogens is 2. The van der Waals surface area contributed by atoms with Crippen LogP contribution in [0, 0.1) is 0 Å². The molecule has 0 unspecified atom stereocenters. The lowest BCUT2D eigenvalue weighted by Gasteiger charge is -2.11. The maximum absolute atomic E-state index is 11.7. The largest absolute Gasteiger partial charge is 0.384 e. The lowest BCUT2D eigenvalue weighted by molar-refractivity contribution is 0.0827. The highest BCUT2D eigenvalue weighted by Gasteiger charge is 2.07. The maximum Gasteiger partial charge on any atom is 0.254 e. The van der Waals surface area contributed by atoms with E-state index in [1.165, 1.54) is 4.90 Å². The van der Waals surface area contributed by atoms with Crippen LogP contribution < -0.4 is 10.6 Å². The van der Waals surface area contributed by atoms with Crippen LogP contribution in [0.5, 0.6) is 0 Å². The molecule has 0 aliphatic rings. The second-order valence-electron chi connectivity index (χ2n) is 5.08. The summed E-state index contributed by atoms with van der Waals surface area (Å²) in [6, 6.07) is 7.50. The Kier molecular flexibility index (Phi) is 5.71. The van der Waals surface area contributed by atoms with E-state index in [0.29, 0.717) is 5.56 Å². The van der Waals surface area contributed by atoms with Crippen LogP contribution >= 0.6 is 0 Å². The van der Waals surface area contributed by atoms with E-state index in [9.17, 15) is 4.79 Å². The summed E-state index contributed by atoms with van der Waals surface area (Å²) in [5.41, 5.74) is 1.61. The summed E-state index contributed by atoms with van der Waals surface area (Å²) in [6.45, 7) is 1.66. The fourth-order valence-electron chi connectivity index (χ4n) is 1.89. The minimum absolute atomic E-state index is 0.0419. The molecule has 0 aliphatic carbocycles. The van der Waals surface area contributed by atoms with E-state index >= 15 is 0 Å². The van der Waals surface area contributed by atoms with Crippen LogP contribution in [0.3, 0.4) is 0 Å². The number of nitrogens with one attached hydrogen (secondary N) is 2. The summed E-state index contributed by atoms with van der Waals surface area (Å²) in [7, 11) is 3.45. The molecule has 0 bridgehead atoms. The van der Waals surface area contributed by atoms with Crippen molar-refractivity contribution < 1.29 is 4.79 Å². The first-order chi connectivity index (χ1) is 10.7. The van der Waals surface area contributed by atoms with Gasteiger partial charge in [0.1, 0.15) is 5.82 Å². The van der Waals surface area contributed by atoms with Crippen molar-refractivity contribution in [1.29, 1.82) is 0 Å². The summed E-state index contributed by atoms with van der Waals surface area (Å²) < 4.78 is 0. The number of pyridine rings is 2. The minimum atomic E-state index is -0.0419. The van der Waals surface area contributed by atoms with E-state index in [-0.39, 0.29) is 5.91 Å². The summed E-state index contributed by atoms with van der Waals surface area (Å²) >= 11 is 0. The maximum atomic E-state index is 11.7. The number of carbonyl (C=O) groups excluding carboxylic acids is 1. The van der Waals surface area contributed by atoms with Crippen molar-refractivity contribution in [1.82, 2.24) is 14.9 Å². The number of hydrogen-bond donors (Lipinski definition) is 2. The van der Waals surface area contributed by atoms with Crippen LogP contribution in [-0.2, 0) is 0 Å². The smallest absolute Gasteiger partial charge is 0.254 e. The molecule has 2 heterocycles. The highest BCUT2D eigenvalue weighted by atomic mass is 16.2. The SMILES string of the molecule is CN(C)C(=O)c1ccc(NCCCNc2cccnc2)nc1. The Morgan fingerprint density at radius 1 is 1.14 bits per heavy atom. The van der Waals surface area contributed by atoms with Gasteiger partial charge in [0.25, 0.3) is 5.91 Å². The third-order valence-corrected chi connectivity index (χ3v) is 3.07. The Labute approximate surface area is 130 Å². The Bertz CT molecular complexity index is 583. The summed E-state index contributed by atoms with van der Waals surface area (Å²) in [5, 5.41) is 6.53. The number of nitrogens with zero attached hydrogens (tertiary/aromatic N) is 3. The summed E-state index contributed by atoms with van der Waals surface area (Å²) in [4.78, 5) is 21.6. The van der Waals surface area contributed by atoms with Crippen LogP contribution in [0.25, 0.3) is 0 Å². The van der Waals surface area contributed by atoms with E-state index < -0.39 is 0 Å². The van der Waals surface area contributed by atoms with Crippen LogP contribution in [0.4, 0.5) is 11.5 Å². The van der Waals surface area contributed by atoms with Gasteiger partial charge < -0.3 is 15.5 Å². The zero-order valence-electron chi connectivity index (χ0n) is 12.9. The van der Waals surface area contributed by atoms with Gasteiger partial charge in [0, 0.05) is 45.8 Å². The van der Waals surface area contributed by atoms with Gasteiger partial charge in [0.05, 0.1) is 11.3 Å². The molecule has 2 rings (SSSR count). The van der Waals surface area contributed by atoms with Crippen molar-refractivity contribution in [2.75, 3.05) is 37.8 Å². The van der Waals surface area contributed by atoms with Crippen LogP contribution in [0.2, 0.25) is 0 Å². The minimum Gasteiger partial charge on any atom is -0.384 e. The monoisotopic (exact) mass is 299 g/mol. The topological polar surface area (TPSA) is 70.2 Å². The third kappa shape index (κ3) is 4.73. The number of hydrogen-bond acceptors (Lipinski definition) is 5. The molecule has 0 radical (unpaired) electrons.